The predicted molar refractivity (Wildman–Crippen MR) is 74.6 cm³/mol. The number of hydrogen-bond donors (Lipinski definition) is 2. The molecule has 1 heterocycles. The van der Waals surface area contributed by atoms with Crippen molar-refractivity contribution in [3.63, 3.8) is 0 Å². The van der Waals surface area contributed by atoms with E-state index in [0.29, 0.717) is 11.5 Å². The third kappa shape index (κ3) is 2.38. The molecule has 1 aliphatic heterocycles. The van der Waals surface area contributed by atoms with E-state index in [9.17, 15) is 4.79 Å². The number of carbonyl (C=O) groups excluding carboxylic acids is 1. The van der Waals surface area contributed by atoms with Gasteiger partial charge in [-0.15, -0.1) is 0 Å². The van der Waals surface area contributed by atoms with Crippen molar-refractivity contribution in [1.82, 2.24) is 0 Å². The first-order chi connectivity index (χ1) is 9.74. The molecule has 5 nitrogen and oxygen atoms in total. The van der Waals surface area contributed by atoms with Crippen LogP contribution in [0.4, 0.5) is 5.69 Å². The van der Waals surface area contributed by atoms with Crippen molar-refractivity contribution in [3.8, 4) is 11.5 Å². The topological polar surface area (TPSA) is 73.6 Å². The van der Waals surface area contributed by atoms with Crippen molar-refractivity contribution < 1.29 is 14.3 Å². The number of amides is 1. The number of hydrogen-bond acceptors (Lipinski definition) is 4. The maximum absolute atomic E-state index is 11.6. The lowest BCUT2D eigenvalue weighted by Crippen LogP contribution is -2.27. The van der Waals surface area contributed by atoms with Crippen molar-refractivity contribution >= 4 is 11.6 Å². The van der Waals surface area contributed by atoms with Crippen molar-refractivity contribution in [3.05, 3.63) is 54.1 Å². The second-order valence-electron chi connectivity index (χ2n) is 4.46. The van der Waals surface area contributed by atoms with Crippen LogP contribution < -0.4 is 20.5 Å². The molecule has 3 rings (SSSR count). The molecular weight excluding hydrogens is 256 g/mol. The number of rotatable bonds is 4. The number of nitrogens with two attached hydrogens (primary N) is 1. The summed E-state index contributed by atoms with van der Waals surface area (Å²) in [6.07, 6.45) is 0. The molecule has 0 saturated carbocycles. The Morgan fingerprint density at radius 1 is 1.10 bits per heavy atom. The minimum absolute atomic E-state index is 0.219. The molecule has 1 unspecified atom stereocenters. The molecule has 0 radical (unpaired) electrons. The first-order valence-corrected chi connectivity index (χ1v) is 6.24. The summed E-state index contributed by atoms with van der Waals surface area (Å²) in [6.45, 7) is 0.219. The highest BCUT2D eigenvalue weighted by atomic mass is 16.7. The van der Waals surface area contributed by atoms with Crippen molar-refractivity contribution in [2.45, 2.75) is 6.04 Å². The molecule has 1 amide bonds. The highest BCUT2D eigenvalue weighted by molar-refractivity contribution is 5.84. The van der Waals surface area contributed by atoms with E-state index >= 15 is 0 Å². The Hall–Kier alpha value is -2.69. The van der Waals surface area contributed by atoms with Gasteiger partial charge in [-0.1, -0.05) is 30.3 Å². The summed E-state index contributed by atoms with van der Waals surface area (Å²) < 4.78 is 10.6. The van der Waals surface area contributed by atoms with Crippen LogP contribution in [-0.4, -0.2) is 12.7 Å². The van der Waals surface area contributed by atoms with Gasteiger partial charge in [-0.3, -0.25) is 4.79 Å². The average molecular weight is 270 g/mol. The van der Waals surface area contributed by atoms with E-state index in [0.717, 1.165) is 11.3 Å². The van der Waals surface area contributed by atoms with Crippen molar-refractivity contribution in [2.24, 2.45) is 5.73 Å². The Morgan fingerprint density at radius 3 is 2.60 bits per heavy atom. The van der Waals surface area contributed by atoms with Crippen LogP contribution in [0.2, 0.25) is 0 Å². The normalized spacial score (nSPS) is 13.8. The Labute approximate surface area is 116 Å². The van der Waals surface area contributed by atoms with Gasteiger partial charge in [0, 0.05) is 11.8 Å². The molecule has 5 heteroatoms. The van der Waals surface area contributed by atoms with Crippen LogP contribution in [-0.2, 0) is 4.79 Å². The van der Waals surface area contributed by atoms with Crippen LogP contribution in [0.3, 0.4) is 0 Å². The van der Waals surface area contributed by atoms with Gasteiger partial charge in [0.1, 0.15) is 6.04 Å². The summed E-state index contributed by atoms with van der Waals surface area (Å²) in [6, 6.07) is 14.2. The number of benzene rings is 2. The van der Waals surface area contributed by atoms with E-state index in [-0.39, 0.29) is 6.79 Å². The number of nitrogens with one attached hydrogen (secondary N) is 1. The molecule has 0 aliphatic carbocycles. The number of ether oxygens (including phenoxy) is 2. The minimum Gasteiger partial charge on any atom is -0.454 e. The first kappa shape index (κ1) is 12.3. The van der Waals surface area contributed by atoms with Gasteiger partial charge in [0.15, 0.2) is 11.5 Å². The molecule has 0 bridgehead atoms. The summed E-state index contributed by atoms with van der Waals surface area (Å²) in [5, 5.41) is 3.11. The third-order valence-corrected chi connectivity index (χ3v) is 3.10. The number of anilines is 1. The summed E-state index contributed by atoms with van der Waals surface area (Å²) in [7, 11) is 0. The summed E-state index contributed by atoms with van der Waals surface area (Å²) >= 11 is 0. The largest absolute Gasteiger partial charge is 0.454 e. The predicted octanol–water partition coefficient (Wildman–Crippen LogP) is 2.05. The van der Waals surface area contributed by atoms with Gasteiger partial charge < -0.3 is 20.5 Å². The number of carbonyl (C=O) groups is 1. The van der Waals surface area contributed by atoms with Crippen LogP contribution in [0.15, 0.2) is 48.5 Å². The molecule has 2 aromatic carbocycles. The van der Waals surface area contributed by atoms with E-state index < -0.39 is 11.9 Å². The maximum atomic E-state index is 11.6. The van der Waals surface area contributed by atoms with Gasteiger partial charge in [0.25, 0.3) is 0 Å². The molecule has 1 atom stereocenters. The molecule has 3 N–H and O–H groups in total. The van der Waals surface area contributed by atoms with E-state index in [4.69, 9.17) is 15.2 Å². The van der Waals surface area contributed by atoms with Gasteiger partial charge in [0.2, 0.25) is 12.7 Å². The third-order valence-electron chi connectivity index (χ3n) is 3.10. The van der Waals surface area contributed by atoms with Gasteiger partial charge in [-0.25, -0.2) is 0 Å². The van der Waals surface area contributed by atoms with Crippen LogP contribution >= 0.6 is 0 Å². The molecule has 20 heavy (non-hydrogen) atoms. The Kier molecular flexibility index (Phi) is 3.16. The van der Waals surface area contributed by atoms with Gasteiger partial charge in [0.05, 0.1) is 0 Å². The van der Waals surface area contributed by atoms with Crippen LogP contribution in [0.1, 0.15) is 11.6 Å². The Balaban J connectivity index is 1.86. The smallest absolute Gasteiger partial charge is 0.244 e. The molecular formula is C15H14N2O3. The van der Waals surface area contributed by atoms with E-state index in [2.05, 4.69) is 5.32 Å². The zero-order chi connectivity index (χ0) is 13.9. The highest BCUT2D eigenvalue weighted by Crippen LogP contribution is 2.35. The summed E-state index contributed by atoms with van der Waals surface area (Å²) in [4.78, 5) is 11.6. The summed E-state index contributed by atoms with van der Waals surface area (Å²) in [5.74, 6) is 0.922. The minimum atomic E-state index is -0.587. The highest BCUT2D eigenvalue weighted by Gasteiger charge is 2.19. The zero-order valence-corrected chi connectivity index (χ0v) is 10.7. The molecule has 0 saturated heterocycles. The maximum Gasteiger partial charge on any atom is 0.244 e. The molecule has 0 spiro atoms. The SMILES string of the molecule is NC(=O)C(Nc1ccc2c(c1)OCO2)c1ccccc1. The first-order valence-electron chi connectivity index (χ1n) is 6.24. The lowest BCUT2D eigenvalue weighted by molar-refractivity contribution is -0.118. The Bertz CT molecular complexity index is 628. The van der Waals surface area contributed by atoms with Gasteiger partial charge in [-0.2, -0.15) is 0 Å². The standard InChI is InChI=1S/C15H14N2O3/c16-15(18)14(10-4-2-1-3-5-10)17-11-6-7-12-13(8-11)20-9-19-12/h1-8,14,17H,9H2,(H2,16,18). The van der Waals surface area contributed by atoms with E-state index in [1.54, 1.807) is 12.1 Å². The molecule has 102 valence electrons. The van der Waals surface area contributed by atoms with Crippen LogP contribution in [0, 0.1) is 0 Å². The monoisotopic (exact) mass is 270 g/mol. The van der Waals surface area contributed by atoms with Crippen LogP contribution in [0.5, 0.6) is 11.5 Å². The fraction of sp³-hybridized carbons (Fsp3) is 0.133. The lowest BCUT2D eigenvalue weighted by Gasteiger charge is -2.17. The molecule has 2 aromatic rings. The van der Waals surface area contributed by atoms with Gasteiger partial charge >= 0.3 is 0 Å². The van der Waals surface area contributed by atoms with Crippen LogP contribution in [0.25, 0.3) is 0 Å². The molecule has 0 fully saturated rings. The Morgan fingerprint density at radius 2 is 1.85 bits per heavy atom. The fourth-order valence-electron chi connectivity index (χ4n) is 2.12. The lowest BCUT2D eigenvalue weighted by atomic mass is 10.1. The molecule has 1 aliphatic rings. The quantitative estimate of drug-likeness (QED) is 0.891. The molecule has 0 aromatic heterocycles. The van der Waals surface area contributed by atoms with Gasteiger partial charge in [-0.05, 0) is 17.7 Å². The number of fused-ring (bicyclic) bond motifs is 1. The van der Waals surface area contributed by atoms with Crippen molar-refractivity contribution in [1.29, 1.82) is 0 Å². The van der Waals surface area contributed by atoms with Crippen molar-refractivity contribution in [2.75, 3.05) is 12.1 Å². The van der Waals surface area contributed by atoms with E-state index in [1.165, 1.54) is 0 Å². The second-order valence-corrected chi connectivity index (χ2v) is 4.46. The van der Waals surface area contributed by atoms with E-state index in [1.807, 2.05) is 36.4 Å². The fourth-order valence-corrected chi connectivity index (χ4v) is 2.12. The number of primary amides is 1. The zero-order valence-electron chi connectivity index (χ0n) is 10.7. The second kappa shape index (κ2) is 5.13. The average Bonchev–Trinajstić information content (AvgIpc) is 2.93. The summed E-state index contributed by atoms with van der Waals surface area (Å²) in [5.41, 5.74) is 7.04.